The molecule has 0 spiro atoms. The summed E-state index contributed by atoms with van der Waals surface area (Å²) in [6.07, 6.45) is 2.11. The molecular weight excluding hydrogens is 338 g/mol. The molecule has 0 radical (unpaired) electrons. The van der Waals surface area contributed by atoms with Crippen LogP contribution in [0.25, 0.3) is 0 Å². The van der Waals surface area contributed by atoms with Gasteiger partial charge >= 0.3 is 0 Å². The monoisotopic (exact) mass is 361 g/mol. The number of rotatable bonds is 5. The van der Waals surface area contributed by atoms with Gasteiger partial charge in [0, 0.05) is 18.7 Å². The Balaban J connectivity index is 1.76. The molecule has 0 aliphatic carbocycles. The van der Waals surface area contributed by atoms with E-state index in [2.05, 4.69) is 10.6 Å². The second kappa shape index (κ2) is 7.07. The number of nitrogens with zero attached hydrogens (tertiary/aromatic N) is 1. The molecule has 6 nitrogen and oxygen atoms in total. The minimum atomic E-state index is -0.489. The summed E-state index contributed by atoms with van der Waals surface area (Å²) in [6.45, 7) is 4.58. The van der Waals surface area contributed by atoms with Crippen molar-refractivity contribution in [1.82, 2.24) is 10.2 Å². The number of benzene rings is 1. The molecule has 134 valence electrons. The number of para-hydroxylation sites is 1. The molecule has 2 unspecified atom stereocenters. The lowest BCUT2D eigenvalue weighted by atomic mass is 10.1. The van der Waals surface area contributed by atoms with Crippen molar-refractivity contribution in [2.45, 2.75) is 44.0 Å². The Hall–Kier alpha value is -2.02. The molecule has 0 bridgehead atoms. The van der Waals surface area contributed by atoms with Crippen molar-refractivity contribution in [3.05, 3.63) is 29.8 Å². The van der Waals surface area contributed by atoms with Crippen LogP contribution in [0.2, 0.25) is 0 Å². The number of anilines is 1. The van der Waals surface area contributed by atoms with E-state index in [9.17, 15) is 14.4 Å². The van der Waals surface area contributed by atoms with Gasteiger partial charge in [0.1, 0.15) is 6.04 Å². The summed E-state index contributed by atoms with van der Waals surface area (Å²) in [6, 6.07) is 6.46. The largest absolute Gasteiger partial charge is 0.352 e. The van der Waals surface area contributed by atoms with Gasteiger partial charge in [0.05, 0.1) is 16.1 Å². The molecule has 1 aromatic rings. The van der Waals surface area contributed by atoms with Crippen molar-refractivity contribution in [3.8, 4) is 0 Å². The molecule has 2 heterocycles. The second-order valence-corrected chi connectivity index (χ2v) is 8.06. The second-order valence-electron chi connectivity index (χ2n) is 6.56. The van der Waals surface area contributed by atoms with Crippen molar-refractivity contribution in [2.75, 3.05) is 17.6 Å². The van der Waals surface area contributed by atoms with Crippen molar-refractivity contribution in [3.63, 3.8) is 0 Å². The fraction of sp³-hybridized carbons (Fsp3) is 0.500. The van der Waals surface area contributed by atoms with E-state index in [0.717, 1.165) is 12.8 Å². The van der Waals surface area contributed by atoms with Gasteiger partial charge in [0.2, 0.25) is 11.8 Å². The molecule has 7 heteroatoms. The molecule has 2 aliphatic rings. The summed E-state index contributed by atoms with van der Waals surface area (Å²) in [4.78, 5) is 38.7. The first kappa shape index (κ1) is 17.8. The first-order chi connectivity index (χ1) is 12.0. The van der Waals surface area contributed by atoms with Gasteiger partial charge in [0.25, 0.3) is 5.91 Å². The number of amides is 3. The molecule has 2 fully saturated rings. The van der Waals surface area contributed by atoms with Crippen molar-refractivity contribution < 1.29 is 14.4 Å². The molecule has 3 rings (SSSR count). The van der Waals surface area contributed by atoms with Crippen LogP contribution in [0, 0.1) is 0 Å². The number of thioether (sulfide) groups is 1. The highest BCUT2D eigenvalue weighted by Crippen LogP contribution is 2.47. The molecular formula is C18H23N3O3S. The Labute approximate surface area is 151 Å². The molecule has 2 saturated heterocycles. The highest BCUT2D eigenvalue weighted by atomic mass is 32.2. The fourth-order valence-electron chi connectivity index (χ4n) is 3.35. The van der Waals surface area contributed by atoms with E-state index < -0.39 is 6.04 Å². The Morgan fingerprint density at radius 1 is 1.36 bits per heavy atom. The SMILES string of the molecule is CCCNC(=O)c1ccccc1NC(=O)C1CSC2(C)CCC(=O)N12. The minimum absolute atomic E-state index is 0.0293. The maximum Gasteiger partial charge on any atom is 0.253 e. The van der Waals surface area contributed by atoms with Gasteiger partial charge < -0.3 is 15.5 Å². The van der Waals surface area contributed by atoms with Crippen molar-refractivity contribution in [2.24, 2.45) is 0 Å². The Morgan fingerprint density at radius 2 is 2.12 bits per heavy atom. The fourth-order valence-corrected chi connectivity index (χ4v) is 4.79. The van der Waals surface area contributed by atoms with E-state index >= 15 is 0 Å². The van der Waals surface area contributed by atoms with Crippen LogP contribution in [0.15, 0.2) is 24.3 Å². The molecule has 0 saturated carbocycles. The molecule has 2 N–H and O–H groups in total. The average molecular weight is 361 g/mol. The highest BCUT2D eigenvalue weighted by Gasteiger charge is 2.52. The zero-order chi connectivity index (χ0) is 18.0. The molecule has 0 aromatic heterocycles. The Kier molecular flexibility index (Phi) is 5.03. The van der Waals surface area contributed by atoms with E-state index in [1.165, 1.54) is 0 Å². The van der Waals surface area contributed by atoms with Crippen LogP contribution in [0.1, 0.15) is 43.5 Å². The van der Waals surface area contributed by atoms with E-state index in [1.807, 2.05) is 13.8 Å². The van der Waals surface area contributed by atoms with E-state index in [1.54, 1.807) is 40.9 Å². The number of hydrogen-bond donors (Lipinski definition) is 2. The summed E-state index contributed by atoms with van der Waals surface area (Å²) in [5.74, 6) is 0.169. The van der Waals surface area contributed by atoms with Crippen LogP contribution in [-0.2, 0) is 9.59 Å². The van der Waals surface area contributed by atoms with E-state index in [4.69, 9.17) is 0 Å². The number of carbonyl (C=O) groups excluding carboxylic acids is 3. The summed E-state index contributed by atoms with van der Waals surface area (Å²) in [5.41, 5.74) is 0.914. The van der Waals surface area contributed by atoms with E-state index in [0.29, 0.717) is 30.0 Å². The van der Waals surface area contributed by atoms with Gasteiger partial charge in [-0.3, -0.25) is 14.4 Å². The maximum absolute atomic E-state index is 12.8. The maximum atomic E-state index is 12.8. The van der Waals surface area contributed by atoms with Crippen LogP contribution in [0.5, 0.6) is 0 Å². The van der Waals surface area contributed by atoms with Gasteiger partial charge in [-0.05, 0) is 31.9 Å². The predicted octanol–water partition coefficient (Wildman–Crippen LogP) is 2.22. The number of fused-ring (bicyclic) bond motifs is 1. The van der Waals surface area contributed by atoms with Crippen LogP contribution in [-0.4, -0.2) is 45.8 Å². The number of hydrogen-bond acceptors (Lipinski definition) is 4. The quantitative estimate of drug-likeness (QED) is 0.843. The highest BCUT2D eigenvalue weighted by molar-refractivity contribution is 8.01. The van der Waals surface area contributed by atoms with Gasteiger partial charge in [-0.1, -0.05) is 19.1 Å². The van der Waals surface area contributed by atoms with Crippen LogP contribution in [0.3, 0.4) is 0 Å². The van der Waals surface area contributed by atoms with Gasteiger partial charge in [-0.2, -0.15) is 0 Å². The van der Waals surface area contributed by atoms with Gasteiger partial charge in [-0.15, -0.1) is 11.8 Å². The Bertz CT molecular complexity index is 709. The predicted molar refractivity (Wildman–Crippen MR) is 98.4 cm³/mol. The normalized spacial score (nSPS) is 25.0. The molecule has 1 aromatic carbocycles. The van der Waals surface area contributed by atoms with Crippen LogP contribution in [0.4, 0.5) is 5.69 Å². The smallest absolute Gasteiger partial charge is 0.253 e. The zero-order valence-electron chi connectivity index (χ0n) is 14.5. The average Bonchev–Trinajstić information content (AvgIpc) is 3.09. The Morgan fingerprint density at radius 3 is 2.88 bits per heavy atom. The standard InChI is InChI=1S/C18H23N3O3S/c1-3-10-19-16(23)12-6-4-5-7-13(12)20-17(24)14-11-25-18(2)9-8-15(22)21(14)18/h4-7,14H,3,8-11H2,1-2H3,(H,19,23)(H,20,24). The lowest BCUT2D eigenvalue weighted by molar-refractivity contribution is -0.135. The van der Waals surface area contributed by atoms with E-state index in [-0.39, 0.29) is 22.6 Å². The third kappa shape index (κ3) is 3.38. The van der Waals surface area contributed by atoms with Crippen molar-refractivity contribution >= 4 is 35.2 Å². The first-order valence-electron chi connectivity index (χ1n) is 8.60. The topological polar surface area (TPSA) is 78.5 Å². The van der Waals surface area contributed by atoms with Crippen LogP contribution >= 0.6 is 11.8 Å². The molecule has 2 aliphatic heterocycles. The molecule has 2 atom stereocenters. The molecule has 25 heavy (non-hydrogen) atoms. The minimum Gasteiger partial charge on any atom is -0.352 e. The summed E-state index contributed by atoms with van der Waals surface area (Å²) >= 11 is 1.65. The number of carbonyl (C=O) groups is 3. The third-order valence-corrected chi connectivity index (χ3v) is 6.22. The molecule has 3 amide bonds. The third-order valence-electron chi connectivity index (χ3n) is 4.71. The first-order valence-corrected chi connectivity index (χ1v) is 9.59. The van der Waals surface area contributed by atoms with Crippen molar-refractivity contribution in [1.29, 1.82) is 0 Å². The number of nitrogens with one attached hydrogen (secondary N) is 2. The lowest BCUT2D eigenvalue weighted by Crippen LogP contribution is -2.48. The van der Waals surface area contributed by atoms with Crippen LogP contribution < -0.4 is 10.6 Å². The summed E-state index contributed by atoms with van der Waals surface area (Å²) in [7, 11) is 0. The summed E-state index contributed by atoms with van der Waals surface area (Å²) in [5, 5.41) is 5.68. The zero-order valence-corrected chi connectivity index (χ0v) is 15.3. The summed E-state index contributed by atoms with van der Waals surface area (Å²) < 4.78 is 0. The van der Waals surface area contributed by atoms with Gasteiger partial charge in [-0.25, -0.2) is 0 Å². The van der Waals surface area contributed by atoms with Gasteiger partial charge in [0.15, 0.2) is 0 Å². The lowest BCUT2D eigenvalue weighted by Gasteiger charge is -2.30.